The van der Waals surface area contributed by atoms with E-state index in [2.05, 4.69) is 23.3 Å². The Balaban J connectivity index is 1.52. The van der Waals surface area contributed by atoms with Crippen LogP contribution in [0.1, 0.15) is 12.5 Å². The highest BCUT2D eigenvalue weighted by Crippen LogP contribution is 2.31. The van der Waals surface area contributed by atoms with E-state index in [0.29, 0.717) is 17.1 Å². The Bertz CT molecular complexity index is 1430. The Morgan fingerprint density at radius 1 is 1.06 bits per heavy atom. The Kier molecular flexibility index (Phi) is 6.58. The van der Waals surface area contributed by atoms with Crippen LogP contribution in [-0.4, -0.2) is 38.7 Å². The van der Waals surface area contributed by atoms with Gasteiger partial charge in [0.25, 0.3) is 0 Å². The zero-order chi connectivity index (χ0) is 24.5. The summed E-state index contributed by atoms with van der Waals surface area (Å²) >= 11 is 1.62. The van der Waals surface area contributed by atoms with Crippen LogP contribution in [0, 0.1) is 6.92 Å². The molecule has 1 N–H and O–H groups in total. The molecular formula is C25H25N3O4S2. The largest absolute Gasteiger partial charge is 0.497 e. The van der Waals surface area contributed by atoms with E-state index in [1.165, 1.54) is 12.7 Å². The smallest absolute Gasteiger partial charge is 0.247 e. The Morgan fingerprint density at radius 3 is 2.35 bits per heavy atom. The van der Waals surface area contributed by atoms with Crippen molar-refractivity contribution >= 4 is 48.9 Å². The van der Waals surface area contributed by atoms with E-state index >= 15 is 0 Å². The maximum absolute atomic E-state index is 12.9. The normalized spacial score (nSPS) is 12.4. The van der Waals surface area contributed by atoms with E-state index in [0.717, 1.165) is 31.3 Å². The number of aromatic nitrogens is 1. The quantitative estimate of drug-likeness (QED) is 0.387. The van der Waals surface area contributed by atoms with Crippen LogP contribution in [-0.2, 0) is 14.8 Å². The number of sulfonamides is 1. The molecule has 0 aliphatic carbocycles. The molecule has 0 fully saturated rings. The molecule has 0 aliphatic rings. The van der Waals surface area contributed by atoms with E-state index in [1.807, 2.05) is 24.3 Å². The number of aryl methyl sites for hydroxylation is 1. The van der Waals surface area contributed by atoms with Crippen LogP contribution in [0.4, 0.5) is 11.4 Å². The van der Waals surface area contributed by atoms with Gasteiger partial charge in [0.05, 0.1) is 29.3 Å². The summed E-state index contributed by atoms with van der Waals surface area (Å²) in [5, 5.41) is 3.71. The van der Waals surface area contributed by atoms with Gasteiger partial charge in [0, 0.05) is 11.3 Å². The first kappa shape index (κ1) is 23.7. The standard InChI is InChI=1S/C25H25N3O4S2/c1-16-5-14-22-23(15-16)33-25(27-22)18-6-8-19(9-7-18)26-24(29)17(2)28(34(4,30)31)20-10-12-21(32-3)13-11-20/h5-15,17H,1-4H3,(H,26,29). The molecule has 9 heteroatoms. The molecule has 1 heterocycles. The second kappa shape index (κ2) is 9.44. The fourth-order valence-electron chi connectivity index (χ4n) is 3.64. The fraction of sp³-hybridized carbons (Fsp3) is 0.200. The number of amides is 1. The number of thiazole rings is 1. The molecule has 0 aliphatic heterocycles. The van der Waals surface area contributed by atoms with Crippen LogP contribution in [0.5, 0.6) is 5.75 Å². The van der Waals surface area contributed by atoms with E-state index in [9.17, 15) is 13.2 Å². The number of methoxy groups -OCH3 is 1. The summed E-state index contributed by atoms with van der Waals surface area (Å²) in [6.45, 7) is 3.61. The Hall–Kier alpha value is -3.43. The van der Waals surface area contributed by atoms with E-state index in [-0.39, 0.29) is 0 Å². The third-order valence-electron chi connectivity index (χ3n) is 5.36. The molecule has 0 bridgehead atoms. The van der Waals surface area contributed by atoms with E-state index in [1.54, 1.807) is 54.7 Å². The van der Waals surface area contributed by atoms with Crippen molar-refractivity contribution in [3.05, 3.63) is 72.3 Å². The van der Waals surface area contributed by atoms with Gasteiger partial charge >= 0.3 is 0 Å². The minimum Gasteiger partial charge on any atom is -0.497 e. The molecule has 4 aromatic rings. The van der Waals surface area contributed by atoms with Crippen molar-refractivity contribution in [2.24, 2.45) is 0 Å². The predicted molar refractivity (Wildman–Crippen MR) is 138 cm³/mol. The molecule has 0 radical (unpaired) electrons. The van der Waals surface area contributed by atoms with Gasteiger partial charge in [0.15, 0.2) is 0 Å². The Morgan fingerprint density at radius 2 is 1.74 bits per heavy atom. The highest BCUT2D eigenvalue weighted by molar-refractivity contribution is 7.92. The monoisotopic (exact) mass is 495 g/mol. The number of hydrogen-bond donors (Lipinski definition) is 1. The molecule has 0 spiro atoms. The number of carbonyl (C=O) groups excluding carboxylic acids is 1. The van der Waals surface area contributed by atoms with E-state index < -0.39 is 22.0 Å². The van der Waals surface area contributed by atoms with Gasteiger partial charge in [-0.1, -0.05) is 6.07 Å². The number of nitrogens with one attached hydrogen (secondary N) is 1. The van der Waals surface area contributed by atoms with Gasteiger partial charge in [-0.25, -0.2) is 13.4 Å². The summed E-state index contributed by atoms with van der Waals surface area (Å²) in [6, 6.07) is 19.1. The molecule has 0 saturated carbocycles. The lowest BCUT2D eigenvalue weighted by Gasteiger charge is -2.28. The van der Waals surface area contributed by atoms with Gasteiger partial charge in [-0.05, 0) is 80.1 Å². The van der Waals surface area contributed by atoms with Gasteiger partial charge in [-0.3, -0.25) is 9.10 Å². The average Bonchev–Trinajstić information content (AvgIpc) is 3.22. The maximum atomic E-state index is 12.9. The number of anilines is 2. The van der Waals surface area contributed by atoms with Gasteiger partial charge in [-0.2, -0.15) is 0 Å². The topological polar surface area (TPSA) is 88.6 Å². The lowest BCUT2D eigenvalue weighted by Crippen LogP contribution is -2.45. The number of carbonyl (C=O) groups is 1. The molecule has 1 unspecified atom stereocenters. The van der Waals surface area contributed by atoms with Crippen LogP contribution in [0.25, 0.3) is 20.8 Å². The highest BCUT2D eigenvalue weighted by atomic mass is 32.2. The lowest BCUT2D eigenvalue weighted by molar-refractivity contribution is -0.116. The molecule has 176 valence electrons. The number of hydrogen-bond acceptors (Lipinski definition) is 6. The number of benzene rings is 3. The first-order valence-corrected chi connectivity index (χ1v) is 13.2. The first-order chi connectivity index (χ1) is 16.2. The van der Waals surface area contributed by atoms with Crippen molar-refractivity contribution in [3.63, 3.8) is 0 Å². The molecule has 3 aromatic carbocycles. The zero-order valence-corrected chi connectivity index (χ0v) is 20.9. The van der Waals surface area contributed by atoms with Gasteiger partial charge in [-0.15, -0.1) is 11.3 Å². The van der Waals surface area contributed by atoms with Crippen molar-refractivity contribution < 1.29 is 17.9 Å². The maximum Gasteiger partial charge on any atom is 0.247 e. The van der Waals surface area contributed by atoms with Crippen molar-refractivity contribution in [1.29, 1.82) is 0 Å². The molecule has 1 aromatic heterocycles. The van der Waals surface area contributed by atoms with Crippen LogP contribution in [0.3, 0.4) is 0 Å². The van der Waals surface area contributed by atoms with Crippen LogP contribution >= 0.6 is 11.3 Å². The molecule has 4 rings (SSSR count). The number of fused-ring (bicyclic) bond motifs is 1. The van der Waals surface area contributed by atoms with Crippen molar-refractivity contribution in [2.75, 3.05) is 23.0 Å². The summed E-state index contributed by atoms with van der Waals surface area (Å²) in [4.78, 5) is 17.6. The summed E-state index contributed by atoms with van der Waals surface area (Å²) in [5.41, 5.74) is 4.04. The summed E-state index contributed by atoms with van der Waals surface area (Å²) in [7, 11) is -2.18. The predicted octanol–water partition coefficient (Wildman–Crippen LogP) is 5.07. The molecule has 1 amide bonds. The first-order valence-electron chi connectivity index (χ1n) is 10.6. The van der Waals surface area contributed by atoms with Crippen molar-refractivity contribution in [1.82, 2.24) is 4.98 Å². The SMILES string of the molecule is COc1ccc(N(C(C)C(=O)Nc2ccc(-c3nc4ccc(C)cc4s3)cc2)S(C)(=O)=O)cc1. The highest BCUT2D eigenvalue weighted by Gasteiger charge is 2.29. The van der Waals surface area contributed by atoms with Crippen LogP contribution in [0.2, 0.25) is 0 Å². The number of nitrogens with zero attached hydrogens (tertiary/aromatic N) is 2. The molecular weight excluding hydrogens is 470 g/mol. The molecule has 7 nitrogen and oxygen atoms in total. The summed E-state index contributed by atoms with van der Waals surface area (Å²) in [5.74, 6) is 0.155. The lowest BCUT2D eigenvalue weighted by atomic mass is 10.2. The third-order valence-corrected chi connectivity index (χ3v) is 7.67. The van der Waals surface area contributed by atoms with Crippen molar-refractivity contribution in [3.8, 4) is 16.3 Å². The number of ether oxygens (including phenoxy) is 1. The second-order valence-electron chi connectivity index (χ2n) is 7.99. The molecule has 34 heavy (non-hydrogen) atoms. The minimum atomic E-state index is -3.71. The third kappa shape index (κ3) is 5.05. The van der Waals surface area contributed by atoms with Crippen LogP contribution < -0.4 is 14.4 Å². The summed E-state index contributed by atoms with van der Waals surface area (Å²) < 4.78 is 32.3. The van der Waals surface area contributed by atoms with Crippen molar-refractivity contribution in [2.45, 2.75) is 19.9 Å². The summed E-state index contributed by atoms with van der Waals surface area (Å²) in [6.07, 6.45) is 1.08. The number of rotatable bonds is 7. The fourth-order valence-corrected chi connectivity index (χ4v) is 5.88. The van der Waals surface area contributed by atoms with Gasteiger partial charge in [0.1, 0.15) is 16.8 Å². The minimum absolute atomic E-state index is 0.382. The molecule has 0 saturated heterocycles. The van der Waals surface area contributed by atoms with Crippen LogP contribution in [0.15, 0.2) is 66.7 Å². The van der Waals surface area contributed by atoms with Gasteiger partial charge in [0.2, 0.25) is 15.9 Å². The van der Waals surface area contributed by atoms with E-state index in [4.69, 9.17) is 4.74 Å². The average molecular weight is 496 g/mol. The van der Waals surface area contributed by atoms with Gasteiger partial charge < -0.3 is 10.1 Å². The Labute approximate surface area is 203 Å². The second-order valence-corrected chi connectivity index (χ2v) is 10.9. The zero-order valence-electron chi connectivity index (χ0n) is 19.3. The molecule has 1 atom stereocenters.